The summed E-state index contributed by atoms with van der Waals surface area (Å²) in [5, 5.41) is 0. The van der Waals surface area contributed by atoms with Crippen LogP contribution in [0.4, 0.5) is 18.9 Å². The van der Waals surface area contributed by atoms with Crippen molar-refractivity contribution in [2.24, 2.45) is 0 Å². The molecule has 1 aliphatic rings. The van der Waals surface area contributed by atoms with Crippen LogP contribution < -0.4 is 9.64 Å². The number of ether oxygens (including phenoxy) is 1. The third-order valence-corrected chi connectivity index (χ3v) is 4.76. The molecular formula is C21H23F3N2O2. The predicted octanol–water partition coefficient (Wildman–Crippen LogP) is 4.00. The Morgan fingerprint density at radius 2 is 1.71 bits per heavy atom. The number of benzene rings is 2. The van der Waals surface area contributed by atoms with Crippen molar-refractivity contribution in [3.8, 4) is 5.75 Å². The lowest BCUT2D eigenvalue weighted by molar-refractivity contribution is -0.137. The molecule has 150 valence electrons. The lowest BCUT2D eigenvalue weighted by Crippen LogP contribution is -2.49. The maximum Gasteiger partial charge on any atom is 0.416 e. The Bertz CT molecular complexity index is 798. The third-order valence-electron chi connectivity index (χ3n) is 4.76. The smallest absolute Gasteiger partial charge is 0.416 e. The molecule has 0 aliphatic carbocycles. The Balaban J connectivity index is 1.55. The van der Waals surface area contributed by atoms with Crippen molar-refractivity contribution in [3.63, 3.8) is 0 Å². The molecule has 0 unspecified atom stereocenters. The largest absolute Gasteiger partial charge is 0.494 e. The lowest BCUT2D eigenvalue weighted by Gasteiger charge is -2.36. The second kappa shape index (κ2) is 8.54. The molecule has 28 heavy (non-hydrogen) atoms. The molecule has 0 N–H and O–H groups in total. The second-order valence-electron chi connectivity index (χ2n) is 6.67. The molecule has 2 aromatic rings. The van der Waals surface area contributed by atoms with Crippen LogP contribution in [0, 0.1) is 0 Å². The number of carbonyl (C=O) groups excluding carboxylic acids is 1. The molecule has 1 fully saturated rings. The number of hydrogen-bond acceptors (Lipinski definition) is 3. The number of rotatable bonds is 5. The van der Waals surface area contributed by atoms with Crippen molar-refractivity contribution >= 4 is 11.6 Å². The Morgan fingerprint density at radius 3 is 2.32 bits per heavy atom. The van der Waals surface area contributed by atoms with Gasteiger partial charge in [0.25, 0.3) is 0 Å². The highest BCUT2D eigenvalue weighted by atomic mass is 19.4. The second-order valence-corrected chi connectivity index (χ2v) is 6.67. The van der Waals surface area contributed by atoms with Crippen molar-refractivity contribution in [3.05, 3.63) is 59.7 Å². The van der Waals surface area contributed by atoms with Crippen molar-refractivity contribution in [2.45, 2.75) is 19.5 Å². The van der Waals surface area contributed by atoms with Gasteiger partial charge in [-0.25, -0.2) is 0 Å². The van der Waals surface area contributed by atoms with Crippen LogP contribution in [-0.4, -0.2) is 43.6 Å². The van der Waals surface area contributed by atoms with Gasteiger partial charge in [0, 0.05) is 31.9 Å². The zero-order valence-corrected chi connectivity index (χ0v) is 15.7. The number of nitrogens with zero attached hydrogens (tertiary/aromatic N) is 2. The molecule has 4 nitrogen and oxygen atoms in total. The standard InChI is InChI=1S/C21H23F3N2O2/c1-2-28-19-8-6-16(7-9-19)14-20(27)26-12-10-25(11-13-26)18-5-3-4-17(15-18)21(22,23)24/h3-9,15H,2,10-14H2,1H3. The minimum Gasteiger partial charge on any atom is -0.494 e. The fourth-order valence-electron chi connectivity index (χ4n) is 3.25. The van der Waals surface area contributed by atoms with Gasteiger partial charge >= 0.3 is 6.18 Å². The number of amides is 1. The lowest BCUT2D eigenvalue weighted by atomic mass is 10.1. The van der Waals surface area contributed by atoms with Crippen LogP contribution >= 0.6 is 0 Å². The van der Waals surface area contributed by atoms with Gasteiger partial charge in [0.05, 0.1) is 18.6 Å². The molecule has 1 heterocycles. The average Bonchev–Trinajstić information content (AvgIpc) is 2.69. The van der Waals surface area contributed by atoms with Gasteiger partial charge in [0.15, 0.2) is 0 Å². The minimum absolute atomic E-state index is 0.0212. The van der Waals surface area contributed by atoms with Crippen molar-refractivity contribution < 1.29 is 22.7 Å². The van der Waals surface area contributed by atoms with Gasteiger partial charge in [-0.2, -0.15) is 13.2 Å². The van der Waals surface area contributed by atoms with Crippen LogP contribution in [-0.2, 0) is 17.4 Å². The van der Waals surface area contributed by atoms with Gasteiger partial charge in [-0.3, -0.25) is 4.79 Å². The first-order chi connectivity index (χ1) is 13.4. The van der Waals surface area contributed by atoms with Crippen LogP contribution in [0.25, 0.3) is 0 Å². The number of anilines is 1. The summed E-state index contributed by atoms with van der Waals surface area (Å²) in [7, 11) is 0. The summed E-state index contributed by atoms with van der Waals surface area (Å²) < 4.78 is 44.1. The van der Waals surface area contributed by atoms with E-state index in [0.29, 0.717) is 44.9 Å². The zero-order valence-electron chi connectivity index (χ0n) is 15.7. The third kappa shape index (κ3) is 4.97. The highest BCUT2D eigenvalue weighted by Crippen LogP contribution is 2.31. The Kier molecular flexibility index (Phi) is 6.11. The molecule has 3 rings (SSSR count). The van der Waals surface area contributed by atoms with E-state index >= 15 is 0 Å². The normalized spacial score (nSPS) is 14.9. The van der Waals surface area contributed by atoms with Crippen molar-refractivity contribution in [2.75, 3.05) is 37.7 Å². The molecule has 0 saturated carbocycles. The SMILES string of the molecule is CCOc1ccc(CC(=O)N2CCN(c3cccc(C(F)(F)F)c3)CC2)cc1. The quantitative estimate of drug-likeness (QED) is 0.771. The van der Waals surface area contributed by atoms with E-state index in [4.69, 9.17) is 4.74 Å². The number of carbonyl (C=O) groups is 1. The van der Waals surface area contributed by atoms with E-state index in [1.165, 1.54) is 6.07 Å². The highest BCUT2D eigenvalue weighted by molar-refractivity contribution is 5.79. The Labute approximate surface area is 162 Å². The van der Waals surface area contributed by atoms with Gasteiger partial charge < -0.3 is 14.5 Å². The summed E-state index contributed by atoms with van der Waals surface area (Å²) in [5.41, 5.74) is 0.793. The van der Waals surface area contributed by atoms with Crippen LogP contribution in [0.15, 0.2) is 48.5 Å². The van der Waals surface area contributed by atoms with Crippen LogP contribution in [0.3, 0.4) is 0 Å². The summed E-state index contributed by atoms with van der Waals surface area (Å²) in [6, 6.07) is 12.8. The van der Waals surface area contributed by atoms with Gasteiger partial charge in [-0.15, -0.1) is 0 Å². The Hall–Kier alpha value is -2.70. The predicted molar refractivity (Wildman–Crippen MR) is 102 cm³/mol. The summed E-state index contributed by atoms with van der Waals surface area (Å²) in [5.74, 6) is 0.793. The molecule has 0 aromatic heterocycles. The first-order valence-electron chi connectivity index (χ1n) is 9.28. The van der Waals surface area contributed by atoms with E-state index in [-0.39, 0.29) is 5.91 Å². The number of halogens is 3. The molecule has 7 heteroatoms. The summed E-state index contributed by atoms with van der Waals surface area (Å²) >= 11 is 0. The number of hydrogen-bond donors (Lipinski definition) is 0. The monoisotopic (exact) mass is 392 g/mol. The van der Waals surface area contributed by atoms with Crippen LogP contribution in [0.2, 0.25) is 0 Å². The average molecular weight is 392 g/mol. The molecule has 0 spiro atoms. The first kappa shape index (κ1) is 20.0. The number of alkyl halides is 3. The summed E-state index contributed by atoms with van der Waals surface area (Å²) in [6.45, 7) is 4.51. The molecular weight excluding hydrogens is 369 g/mol. The van der Waals surface area contributed by atoms with E-state index < -0.39 is 11.7 Å². The van der Waals surface area contributed by atoms with Gasteiger partial charge in [0.1, 0.15) is 5.75 Å². The highest BCUT2D eigenvalue weighted by Gasteiger charge is 2.31. The van der Waals surface area contributed by atoms with Crippen molar-refractivity contribution in [1.82, 2.24) is 4.90 Å². The molecule has 2 aromatic carbocycles. The van der Waals surface area contributed by atoms with E-state index in [2.05, 4.69) is 0 Å². The van der Waals surface area contributed by atoms with Crippen LogP contribution in [0.1, 0.15) is 18.1 Å². The molecule has 0 atom stereocenters. The van der Waals surface area contributed by atoms with Gasteiger partial charge in [-0.1, -0.05) is 18.2 Å². The first-order valence-corrected chi connectivity index (χ1v) is 9.28. The van der Waals surface area contributed by atoms with Gasteiger partial charge in [-0.05, 0) is 42.8 Å². The molecule has 0 bridgehead atoms. The van der Waals surface area contributed by atoms with E-state index in [9.17, 15) is 18.0 Å². The van der Waals surface area contributed by atoms with Crippen molar-refractivity contribution in [1.29, 1.82) is 0 Å². The van der Waals surface area contributed by atoms with E-state index in [1.54, 1.807) is 11.0 Å². The fourth-order valence-corrected chi connectivity index (χ4v) is 3.25. The molecule has 1 amide bonds. The van der Waals surface area contributed by atoms with Gasteiger partial charge in [0.2, 0.25) is 5.91 Å². The Morgan fingerprint density at radius 1 is 1.04 bits per heavy atom. The minimum atomic E-state index is -4.36. The molecule has 1 aliphatic heterocycles. The number of piperazine rings is 1. The molecule has 0 radical (unpaired) electrons. The fraction of sp³-hybridized carbons (Fsp3) is 0.381. The van der Waals surface area contributed by atoms with Crippen LogP contribution in [0.5, 0.6) is 5.75 Å². The maximum atomic E-state index is 12.9. The maximum absolute atomic E-state index is 12.9. The molecule has 1 saturated heterocycles. The van der Waals surface area contributed by atoms with E-state index in [0.717, 1.165) is 23.4 Å². The topological polar surface area (TPSA) is 32.8 Å². The zero-order chi connectivity index (χ0) is 20.1. The summed E-state index contributed by atoms with van der Waals surface area (Å²) in [4.78, 5) is 16.2. The summed E-state index contributed by atoms with van der Waals surface area (Å²) in [6.07, 6.45) is -4.05. The van der Waals surface area contributed by atoms with E-state index in [1.807, 2.05) is 36.1 Å².